The van der Waals surface area contributed by atoms with Crippen LogP contribution in [0.1, 0.15) is 23.0 Å². The van der Waals surface area contributed by atoms with Gasteiger partial charge in [0.2, 0.25) is 0 Å². The van der Waals surface area contributed by atoms with Crippen LogP contribution in [0.3, 0.4) is 0 Å². The lowest BCUT2D eigenvalue weighted by Gasteiger charge is -2.39. The molecule has 2 aromatic carbocycles. The number of rotatable bonds is 7. The normalized spacial score (nSPS) is 15.6. The summed E-state index contributed by atoms with van der Waals surface area (Å²) in [6.07, 6.45) is 0. The smallest absolute Gasteiger partial charge is 0.253 e. The first kappa shape index (κ1) is 23.1. The molecule has 1 atom stereocenters. The number of tetrazole rings is 1. The third kappa shape index (κ3) is 4.67. The van der Waals surface area contributed by atoms with E-state index in [9.17, 15) is 9.18 Å². The molecule has 1 N–H and O–H groups in total. The first-order valence-electron chi connectivity index (χ1n) is 11.7. The predicted molar refractivity (Wildman–Crippen MR) is 131 cm³/mol. The third-order valence-electron chi connectivity index (χ3n) is 6.51. The second-order valence-corrected chi connectivity index (χ2v) is 8.77. The number of halogens is 1. The second-order valence-electron chi connectivity index (χ2n) is 8.77. The number of H-pyrrole nitrogens is 1. The zero-order chi connectivity index (χ0) is 24.4. The average Bonchev–Trinajstić information content (AvgIpc) is 3.32. The van der Waals surface area contributed by atoms with Crippen molar-refractivity contribution in [2.75, 3.05) is 44.8 Å². The van der Waals surface area contributed by atoms with Crippen molar-refractivity contribution in [3.05, 3.63) is 81.7 Å². The molecule has 0 spiro atoms. The molecule has 1 saturated heterocycles. The number of pyridine rings is 1. The van der Waals surface area contributed by atoms with Gasteiger partial charge in [-0.15, -0.1) is 5.10 Å². The highest BCUT2D eigenvalue weighted by Crippen LogP contribution is 2.29. The van der Waals surface area contributed by atoms with Gasteiger partial charge in [0.05, 0.1) is 18.8 Å². The predicted octanol–water partition coefficient (Wildman–Crippen LogP) is 2.52. The van der Waals surface area contributed by atoms with E-state index in [1.54, 1.807) is 23.9 Å². The summed E-state index contributed by atoms with van der Waals surface area (Å²) in [6.45, 7) is 5.38. The number of methoxy groups -OCH3 is 1. The zero-order valence-corrected chi connectivity index (χ0v) is 19.8. The fourth-order valence-electron chi connectivity index (χ4n) is 4.72. The number of anilines is 1. The Labute approximate surface area is 202 Å². The van der Waals surface area contributed by atoms with Crippen molar-refractivity contribution in [3.63, 3.8) is 0 Å². The third-order valence-corrected chi connectivity index (χ3v) is 6.51. The van der Waals surface area contributed by atoms with Crippen LogP contribution in [0.25, 0.3) is 10.9 Å². The molecule has 4 aromatic rings. The minimum absolute atomic E-state index is 0.177. The summed E-state index contributed by atoms with van der Waals surface area (Å²) in [4.78, 5) is 20.6. The number of nitrogens with one attached hydrogen (secondary N) is 1. The fraction of sp³-hybridized carbons (Fsp3) is 0.360. The van der Waals surface area contributed by atoms with Crippen molar-refractivity contribution in [2.45, 2.75) is 19.5 Å². The maximum absolute atomic E-state index is 14.4. The van der Waals surface area contributed by atoms with Crippen molar-refractivity contribution in [1.82, 2.24) is 30.1 Å². The maximum atomic E-state index is 14.4. The van der Waals surface area contributed by atoms with E-state index in [1.807, 2.05) is 36.1 Å². The van der Waals surface area contributed by atoms with E-state index in [4.69, 9.17) is 4.74 Å². The molecule has 2 aromatic heterocycles. The van der Waals surface area contributed by atoms with Crippen molar-refractivity contribution in [1.29, 1.82) is 0 Å². The lowest BCUT2D eigenvalue weighted by Crippen LogP contribution is -2.49. The van der Waals surface area contributed by atoms with Crippen LogP contribution in [0.2, 0.25) is 0 Å². The van der Waals surface area contributed by atoms with Crippen LogP contribution in [-0.4, -0.2) is 70.0 Å². The number of hydrogen-bond donors (Lipinski definition) is 1. The molecule has 182 valence electrons. The van der Waals surface area contributed by atoms with Gasteiger partial charge in [0.15, 0.2) is 5.82 Å². The average molecular weight is 478 g/mol. The molecular weight excluding hydrogens is 449 g/mol. The van der Waals surface area contributed by atoms with Gasteiger partial charge in [0.1, 0.15) is 11.9 Å². The molecule has 35 heavy (non-hydrogen) atoms. The maximum Gasteiger partial charge on any atom is 0.253 e. The quantitative estimate of drug-likeness (QED) is 0.437. The van der Waals surface area contributed by atoms with E-state index in [-0.39, 0.29) is 11.4 Å². The Bertz CT molecular complexity index is 1380. The highest BCUT2D eigenvalue weighted by molar-refractivity contribution is 5.79. The van der Waals surface area contributed by atoms with E-state index < -0.39 is 6.04 Å². The summed E-state index contributed by atoms with van der Waals surface area (Å²) in [5, 5.41) is 13.3. The Hall–Kier alpha value is -3.63. The Morgan fingerprint density at radius 2 is 1.91 bits per heavy atom. The molecule has 0 saturated carbocycles. The lowest BCUT2D eigenvalue weighted by molar-refractivity contribution is 0.171. The molecule has 0 aliphatic carbocycles. The van der Waals surface area contributed by atoms with E-state index in [0.717, 1.165) is 16.5 Å². The first-order chi connectivity index (χ1) is 17.0. The van der Waals surface area contributed by atoms with Crippen LogP contribution in [0, 0.1) is 12.7 Å². The number of hydrogen-bond acceptors (Lipinski definition) is 7. The molecule has 0 bridgehead atoms. The summed E-state index contributed by atoms with van der Waals surface area (Å²) < 4.78 is 21.3. The van der Waals surface area contributed by atoms with Gasteiger partial charge in [0, 0.05) is 44.4 Å². The van der Waals surface area contributed by atoms with Crippen LogP contribution >= 0.6 is 0 Å². The van der Waals surface area contributed by atoms with Gasteiger partial charge in [-0.25, -0.2) is 9.07 Å². The zero-order valence-electron chi connectivity index (χ0n) is 19.8. The van der Waals surface area contributed by atoms with Gasteiger partial charge in [-0.3, -0.25) is 9.69 Å². The van der Waals surface area contributed by atoms with E-state index in [1.165, 1.54) is 6.07 Å². The van der Waals surface area contributed by atoms with Gasteiger partial charge in [-0.05, 0) is 53.1 Å². The molecular formula is C25H28FN7O2. The SMILES string of the molecule is COCCn1nnnc1C(c1cc2cc(C)ccc2[nH]c1=O)N1CCN(c2ccccc2F)CC1. The molecule has 9 nitrogen and oxygen atoms in total. The highest BCUT2D eigenvalue weighted by Gasteiger charge is 2.33. The van der Waals surface area contributed by atoms with E-state index in [2.05, 4.69) is 31.5 Å². The molecule has 1 fully saturated rings. The van der Waals surface area contributed by atoms with E-state index >= 15 is 0 Å². The van der Waals surface area contributed by atoms with Crippen LogP contribution in [-0.2, 0) is 11.3 Å². The molecule has 0 amide bonds. The molecule has 0 radical (unpaired) electrons. The van der Waals surface area contributed by atoms with Crippen LogP contribution in [0.4, 0.5) is 10.1 Å². The number of piperazine rings is 1. The highest BCUT2D eigenvalue weighted by atomic mass is 19.1. The molecule has 1 aliphatic rings. The number of aromatic amines is 1. The van der Waals surface area contributed by atoms with Crippen molar-refractivity contribution >= 4 is 16.6 Å². The topological polar surface area (TPSA) is 92.2 Å². The van der Waals surface area contributed by atoms with Gasteiger partial charge >= 0.3 is 0 Å². The summed E-state index contributed by atoms with van der Waals surface area (Å²) in [5.41, 5.74) is 2.88. The fourth-order valence-corrected chi connectivity index (χ4v) is 4.72. The molecule has 1 unspecified atom stereocenters. The summed E-state index contributed by atoms with van der Waals surface area (Å²) in [7, 11) is 1.62. The number of nitrogens with zero attached hydrogens (tertiary/aromatic N) is 6. The van der Waals surface area contributed by atoms with E-state index in [0.29, 0.717) is 56.4 Å². The largest absolute Gasteiger partial charge is 0.383 e. The molecule has 1 aliphatic heterocycles. The Morgan fingerprint density at radius 3 is 2.69 bits per heavy atom. The second kappa shape index (κ2) is 9.93. The van der Waals surface area contributed by atoms with Crippen LogP contribution in [0.15, 0.2) is 53.3 Å². The van der Waals surface area contributed by atoms with Crippen LogP contribution < -0.4 is 10.5 Å². The van der Waals surface area contributed by atoms with Crippen molar-refractivity contribution in [2.24, 2.45) is 0 Å². The number of para-hydroxylation sites is 1. The number of fused-ring (bicyclic) bond motifs is 1. The minimum Gasteiger partial charge on any atom is -0.383 e. The minimum atomic E-state index is -0.460. The Kier molecular flexibility index (Phi) is 6.56. The number of aryl methyl sites for hydroxylation is 1. The van der Waals surface area contributed by atoms with Crippen molar-refractivity contribution in [3.8, 4) is 0 Å². The Balaban J connectivity index is 1.53. The Morgan fingerprint density at radius 1 is 1.11 bits per heavy atom. The number of benzene rings is 2. The monoisotopic (exact) mass is 477 g/mol. The molecule has 10 heteroatoms. The van der Waals surface area contributed by atoms with Gasteiger partial charge in [-0.2, -0.15) is 0 Å². The van der Waals surface area contributed by atoms with Gasteiger partial charge in [0.25, 0.3) is 5.56 Å². The summed E-state index contributed by atoms with van der Waals surface area (Å²) >= 11 is 0. The van der Waals surface area contributed by atoms with Gasteiger partial charge in [-0.1, -0.05) is 23.8 Å². The molecule has 5 rings (SSSR count). The summed E-state index contributed by atoms with van der Waals surface area (Å²) in [5.74, 6) is 0.348. The van der Waals surface area contributed by atoms with Crippen molar-refractivity contribution < 1.29 is 9.13 Å². The van der Waals surface area contributed by atoms with Crippen LogP contribution in [0.5, 0.6) is 0 Å². The number of aromatic nitrogens is 5. The number of ether oxygens (including phenoxy) is 1. The first-order valence-corrected chi connectivity index (χ1v) is 11.7. The molecule has 3 heterocycles. The summed E-state index contributed by atoms with van der Waals surface area (Å²) in [6, 6.07) is 14.2. The standard InChI is InChI=1S/C25H28FN7O2/c1-17-7-8-21-18(15-17)16-19(25(34)27-21)23(24-28-29-30-33(24)13-14-35-2)32-11-9-31(10-12-32)22-6-4-3-5-20(22)26/h3-8,15-16,23H,9-14H2,1-2H3,(H,27,34). The lowest BCUT2D eigenvalue weighted by atomic mass is 10.0. The van der Waals surface area contributed by atoms with Gasteiger partial charge < -0.3 is 14.6 Å².